The van der Waals surface area contributed by atoms with Gasteiger partial charge in [0.25, 0.3) is 0 Å². The van der Waals surface area contributed by atoms with Crippen molar-refractivity contribution >= 4 is 10.0 Å². The summed E-state index contributed by atoms with van der Waals surface area (Å²) in [5.41, 5.74) is 1.33. The SMILES string of the molecule is CCCOc1ccc(S(=O)(=O)NCC2CCN(Cc3ccccc3)CC2)cc1. The normalized spacial score (nSPS) is 16.2. The largest absolute Gasteiger partial charge is 0.494 e. The van der Waals surface area contributed by atoms with E-state index < -0.39 is 10.0 Å². The highest BCUT2D eigenvalue weighted by Crippen LogP contribution is 2.20. The molecular formula is C22H30N2O3S. The van der Waals surface area contributed by atoms with Crippen molar-refractivity contribution in [3.05, 3.63) is 60.2 Å². The van der Waals surface area contributed by atoms with Crippen molar-refractivity contribution in [2.24, 2.45) is 5.92 Å². The van der Waals surface area contributed by atoms with Crippen LogP contribution >= 0.6 is 0 Å². The Balaban J connectivity index is 1.45. The van der Waals surface area contributed by atoms with Crippen molar-refractivity contribution in [2.45, 2.75) is 37.6 Å². The lowest BCUT2D eigenvalue weighted by atomic mass is 9.97. The number of nitrogens with one attached hydrogen (secondary N) is 1. The average Bonchev–Trinajstić information content (AvgIpc) is 2.73. The van der Waals surface area contributed by atoms with Gasteiger partial charge in [0.15, 0.2) is 0 Å². The smallest absolute Gasteiger partial charge is 0.240 e. The lowest BCUT2D eigenvalue weighted by Crippen LogP contribution is -2.38. The molecule has 1 aliphatic rings. The fraction of sp³-hybridized carbons (Fsp3) is 0.455. The molecule has 152 valence electrons. The van der Waals surface area contributed by atoms with E-state index in [0.717, 1.165) is 38.9 Å². The van der Waals surface area contributed by atoms with E-state index in [-0.39, 0.29) is 4.90 Å². The monoisotopic (exact) mass is 402 g/mol. The van der Waals surface area contributed by atoms with E-state index in [0.29, 0.717) is 24.8 Å². The number of sulfonamides is 1. The van der Waals surface area contributed by atoms with Gasteiger partial charge >= 0.3 is 0 Å². The summed E-state index contributed by atoms with van der Waals surface area (Å²) in [6, 6.07) is 17.1. The summed E-state index contributed by atoms with van der Waals surface area (Å²) in [5.74, 6) is 1.08. The molecular weight excluding hydrogens is 372 g/mol. The maximum absolute atomic E-state index is 12.5. The quantitative estimate of drug-likeness (QED) is 0.695. The minimum atomic E-state index is -3.48. The van der Waals surface area contributed by atoms with Crippen molar-refractivity contribution in [1.29, 1.82) is 0 Å². The zero-order chi connectivity index (χ0) is 19.8. The highest BCUT2D eigenvalue weighted by atomic mass is 32.2. The number of benzene rings is 2. The molecule has 1 fully saturated rings. The van der Waals surface area contributed by atoms with Gasteiger partial charge in [0.05, 0.1) is 11.5 Å². The van der Waals surface area contributed by atoms with Gasteiger partial charge in [-0.25, -0.2) is 13.1 Å². The van der Waals surface area contributed by atoms with Crippen LogP contribution in [0.2, 0.25) is 0 Å². The van der Waals surface area contributed by atoms with Crippen molar-refractivity contribution < 1.29 is 13.2 Å². The summed E-state index contributed by atoms with van der Waals surface area (Å²) in [5, 5.41) is 0. The molecule has 1 aliphatic heterocycles. The van der Waals surface area contributed by atoms with Crippen LogP contribution in [0.15, 0.2) is 59.5 Å². The van der Waals surface area contributed by atoms with Gasteiger partial charge in [0, 0.05) is 13.1 Å². The third-order valence-electron chi connectivity index (χ3n) is 5.13. The molecule has 0 atom stereocenters. The summed E-state index contributed by atoms with van der Waals surface area (Å²) in [7, 11) is -3.48. The lowest BCUT2D eigenvalue weighted by Gasteiger charge is -2.32. The van der Waals surface area contributed by atoms with E-state index in [9.17, 15) is 8.42 Å². The number of piperidine rings is 1. The standard InChI is InChI=1S/C22H30N2O3S/c1-2-16-27-21-8-10-22(11-9-21)28(25,26)23-17-19-12-14-24(15-13-19)18-20-6-4-3-5-7-20/h3-11,19,23H,2,12-18H2,1H3. The van der Waals surface area contributed by atoms with Gasteiger partial charge in [-0.3, -0.25) is 4.90 Å². The van der Waals surface area contributed by atoms with Gasteiger partial charge in [-0.2, -0.15) is 0 Å². The van der Waals surface area contributed by atoms with Crippen LogP contribution in [0.1, 0.15) is 31.7 Å². The van der Waals surface area contributed by atoms with E-state index in [1.54, 1.807) is 24.3 Å². The number of hydrogen-bond acceptors (Lipinski definition) is 4. The molecule has 0 saturated carbocycles. The summed E-state index contributed by atoms with van der Waals surface area (Å²) < 4.78 is 33.4. The number of hydrogen-bond donors (Lipinski definition) is 1. The number of rotatable bonds is 9. The first-order chi connectivity index (χ1) is 13.6. The van der Waals surface area contributed by atoms with Crippen LogP contribution in [-0.2, 0) is 16.6 Å². The Kier molecular flexibility index (Phi) is 7.48. The predicted molar refractivity (Wildman–Crippen MR) is 112 cm³/mol. The Morgan fingerprint density at radius 3 is 2.36 bits per heavy atom. The molecule has 0 aromatic heterocycles. The lowest BCUT2D eigenvalue weighted by molar-refractivity contribution is 0.178. The second-order valence-corrected chi connectivity index (χ2v) is 9.14. The van der Waals surface area contributed by atoms with Gasteiger partial charge in [-0.1, -0.05) is 37.3 Å². The molecule has 0 unspecified atom stereocenters. The van der Waals surface area contributed by atoms with Crippen LogP contribution in [0.5, 0.6) is 5.75 Å². The molecule has 0 radical (unpaired) electrons. The topological polar surface area (TPSA) is 58.6 Å². The Morgan fingerprint density at radius 1 is 1.04 bits per heavy atom. The van der Waals surface area contributed by atoms with Crippen LogP contribution in [0, 0.1) is 5.92 Å². The average molecular weight is 403 g/mol. The minimum Gasteiger partial charge on any atom is -0.494 e. The first-order valence-electron chi connectivity index (χ1n) is 10.1. The summed E-state index contributed by atoms with van der Waals surface area (Å²) in [6.07, 6.45) is 2.95. The van der Waals surface area contributed by atoms with E-state index in [1.807, 2.05) is 13.0 Å². The second kappa shape index (κ2) is 10.0. The van der Waals surface area contributed by atoms with Gasteiger partial charge in [0.2, 0.25) is 10.0 Å². The Bertz CT molecular complexity index is 815. The van der Waals surface area contributed by atoms with Gasteiger partial charge in [-0.05, 0) is 68.1 Å². The zero-order valence-electron chi connectivity index (χ0n) is 16.5. The van der Waals surface area contributed by atoms with E-state index in [4.69, 9.17) is 4.74 Å². The number of ether oxygens (including phenoxy) is 1. The number of likely N-dealkylation sites (tertiary alicyclic amines) is 1. The fourth-order valence-corrected chi connectivity index (χ4v) is 4.55. The molecule has 5 nitrogen and oxygen atoms in total. The third-order valence-corrected chi connectivity index (χ3v) is 6.56. The Morgan fingerprint density at radius 2 is 1.71 bits per heavy atom. The van der Waals surface area contributed by atoms with Crippen LogP contribution in [0.3, 0.4) is 0 Å². The van der Waals surface area contributed by atoms with Crippen molar-refractivity contribution in [2.75, 3.05) is 26.2 Å². The molecule has 6 heteroatoms. The molecule has 1 saturated heterocycles. The molecule has 0 aliphatic carbocycles. The summed E-state index contributed by atoms with van der Waals surface area (Å²) in [4.78, 5) is 2.73. The molecule has 1 N–H and O–H groups in total. The molecule has 2 aromatic rings. The van der Waals surface area contributed by atoms with Gasteiger partial charge in [0.1, 0.15) is 5.75 Å². The van der Waals surface area contributed by atoms with Crippen LogP contribution in [0.25, 0.3) is 0 Å². The van der Waals surface area contributed by atoms with Crippen LogP contribution in [-0.4, -0.2) is 39.6 Å². The molecule has 0 amide bonds. The van der Waals surface area contributed by atoms with Crippen molar-refractivity contribution in [1.82, 2.24) is 9.62 Å². The van der Waals surface area contributed by atoms with E-state index in [1.165, 1.54) is 5.56 Å². The summed E-state index contributed by atoms with van der Waals surface area (Å²) >= 11 is 0. The maximum atomic E-state index is 12.5. The van der Waals surface area contributed by atoms with Crippen LogP contribution in [0.4, 0.5) is 0 Å². The first-order valence-corrected chi connectivity index (χ1v) is 11.5. The molecule has 2 aromatic carbocycles. The predicted octanol–water partition coefficient (Wildman–Crippen LogP) is 3.67. The minimum absolute atomic E-state index is 0.290. The second-order valence-electron chi connectivity index (χ2n) is 7.38. The van der Waals surface area contributed by atoms with Gasteiger partial charge in [-0.15, -0.1) is 0 Å². The van der Waals surface area contributed by atoms with E-state index >= 15 is 0 Å². The van der Waals surface area contributed by atoms with Crippen LogP contribution < -0.4 is 9.46 Å². The Labute approximate surface area is 168 Å². The third kappa shape index (κ3) is 6.06. The first kappa shape index (κ1) is 20.8. The van der Waals surface area contributed by atoms with Crippen molar-refractivity contribution in [3.63, 3.8) is 0 Å². The summed E-state index contributed by atoms with van der Waals surface area (Å²) in [6.45, 7) is 6.14. The molecule has 3 rings (SSSR count). The fourth-order valence-electron chi connectivity index (χ4n) is 3.44. The van der Waals surface area contributed by atoms with E-state index in [2.05, 4.69) is 33.9 Å². The molecule has 28 heavy (non-hydrogen) atoms. The highest BCUT2D eigenvalue weighted by molar-refractivity contribution is 7.89. The number of nitrogens with zero attached hydrogens (tertiary/aromatic N) is 1. The molecule has 0 bridgehead atoms. The molecule has 0 spiro atoms. The molecule has 1 heterocycles. The zero-order valence-corrected chi connectivity index (χ0v) is 17.3. The maximum Gasteiger partial charge on any atom is 0.240 e. The van der Waals surface area contributed by atoms with Gasteiger partial charge < -0.3 is 4.74 Å². The highest BCUT2D eigenvalue weighted by Gasteiger charge is 2.22. The van der Waals surface area contributed by atoms with Crippen molar-refractivity contribution in [3.8, 4) is 5.75 Å². The Hall–Kier alpha value is -1.89.